The van der Waals surface area contributed by atoms with Gasteiger partial charge in [0.05, 0.1) is 16.1 Å². The van der Waals surface area contributed by atoms with Gasteiger partial charge in [0, 0.05) is 12.6 Å². The standard InChI is InChI=1S/C13H15BrF2N2O3/c1-7(12(19)20)3-2-4-17-13(21)18-11-6-9(15)8(14)5-10(11)16/h5-7H,2-4H2,1H3,(H,19,20)(H2,17,18,21). The van der Waals surface area contributed by atoms with Gasteiger partial charge in [0.2, 0.25) is 0 Å². The van der Waals surface area contributed by atoms with Crippen LogP contribution in [-0.2, 0) is 4.79 Å². The molecular formula is C13H15BrF2N2O3. The van der Waals surface area contributed by atoms with Crippen LogP contribution >= 0.6 is 15.9 Å². The molecule has 0 spiro atoms. The molecule has 5 nitrogen and oxygen atoms in total. The summed E-state index contributed by atoms with van der Waals surface area (Å²) in [5.74, 6) is -2.85. The van der Waals surface area contributed by atoms with E-state index in [9.17, 15) is 18.4 Å². The molecule has 1 aromatic carbocycles. The number of aliphatic carboxylic acids is 1. The fourth-order valence-electron chi connectivity index (χ4n) is 1.52. The summed E-state index contributed by atoms with van der Waals surface area (Å²) in [6, 6.07) is 1.10. The first-order chi connectivity index (χ1) is 9.81. The predicted octanol–water partition coefficient (Wildman–Crippen LogP) is 3.35. The maximum Gasteiger partial charge on any atom is 0.319 e. The van der Waals surface area contributed by atoms with E-state index in [-0.39, 0.29) is 16.7 Å². The molecule has 1 atom stereocenters. The Morgan fingerprint density at radius 2 is 2.00 bits per heavy atom. The molecule has 0 fully saturated rings. The fraction of sp³-hybridized carbons (Fsp3) is 0.385. The van der Waals surface area contributed by atoms with Crippen molar-refractivity contribution >= 4 is 33.6 Å². The topological polar surface area (TPSA) is 78.4 Å². The maximum atomic E-state index is 13.5. The Bertz CT molecular complexity index is 540. The lowest BCUT2D eigenvalue weighted by atomic mass is 10.1. The minimum atomic E-state index is -0.896. The molecule has 0 aliphatic rings. The van der Waals surface area contributed by atoms with E-state index < -0.39 is 29.6 Å². The van der Waals surface area contributed by atoms with E-state index in [4.69, 9.17) is 5.11 Å². The van der Waals surface area contributed by atoms with Crippen LogP contribution in [0, 0.1) is 17.6 Å². The van der Waals surface area contributed by atoms with Gasteiger partial charge in [-0.05, 0) is 34.8 Å². The van der Waals surface area contributed by atoms with Gasteiger partial charge in [0.1, 0.15) is 11.6 Å². The minimum absolute atomic E-state index is 0.0337. The molecule has 1 rings (SSSR count). The largest absolute Gasteiger partial charge is 0.481 e. The van der Waals surface area contributed by atoms with Gasteiger partial charge in [-0.2, -0.15) is 0 Å². The molecule has 3 N–H and O–H groups in total. The number of halogens is 3. The molecule has 0 saturated heterocycles. The number of carboxylic acids is 1. The van der Waals surface area contributed by atoms with E-state index >= 15 is 0 Å². The second-order valence-corrected chi connectivity index (χ2v) is 5.36. The van der Waals surface area contributed by atoms with Crippen LogP contribution in [0.15, 0.2) is 16.6 Å². The van der Waals surface area contributed by atoms with Crippen molar-refractivity contribution in [1.82, 2.24) is 5.32 Å². The van der Waals surface area contributed by atoms with Gasteiger partial charge >= 0.3 is 12.0 Å². The summed E-state index contributed by atoms with van der Waals surface area (Å²) < 4.78 is 26.7. The number of nitrogens with one attached hydrogen (secondary N) is 2. The molecule has 0 saturated carbocycles. The molecule has 8 heteroatoms. The zero-order valence-electron chi connectivity index (χ0n) is 11.3. The SMILES string of the molecule is CC(CCCNC(=O)Nc1cc(F)c(Br)cc1F)C(=O)O. The number of carboxylic acid groups (broad SMARTS) is 1. The predicted molar refractivity (Wildman–Crippen MR) is 77.1 cm³/mol. The Labute approximate surface area is 128 Å². The summed E-state index contributed by atoms with van der Waals surface area (Å²) in [7, 11) is 0. The number of carbonyl (C=O) groups is 2. The summed E-state index contributed by atoms with van der Waals surface area (Å²) in [6.07, 6.45) is 0.884. The van der Waals surface area contributed by atoms with Gasteiger partial charge in [-0.1, -0.05) is 6.92 Å². The molecule has 1 unspecified atom stereocenters. The molecule has 0 bridgehead atoms. The van der Waals surface area contributed by atoms with Crippen molar-refractivity contribution in [2.24, 2.45) is 5.92 Å². The average molecular weight is 365 g/mol. The van der Waals surface area contributed by atoms with Crippen LogP contribution in [0.5, 0.6) is 0 Å². The van der Waals surface area contributed by atoms with E-state index in [1.165, 1.54) is 0 Å². The number of anilines is 1. The number of amides is 2. The van der Waals surface area contributed by atoms with Crippen molar-refractivity contribution in [1.29, 1.82) is 0 Å². The Kier molecular flexibility index (Phi) is 6.54. The van der Waals surface area contributed by atoms with Crippen LogP contribution < -0.4 is 10.6 Å². The average Bonchev–Trinajstić information content (AvgIpc) is 2.40. The van der Waals surface area contributed by atoms with Crippen molar-refractivity contribution < 1.29 is 23.5 Å². The van der Waals surface area contributed by atoms with E-state index in [1.54, 1.807) is 6.92 Å². The van der Waals surface area contributed by atoms with Crippen LogP contribution in [0.1, 0.15) is 19.8 Å². The van der Waals surface area contributed by atoms with E-state index in [2.05, 4.69) is 26.6 Å². The Morgan fingerprint density at radius 1 is 1.33 bits per heavy atom. The molecule has 0 heterocycles. The smallest absolute Gasteiger partial charge is 0.319 e. The number of rotatable bonds is 6. The van der Waals surface area contributed by atoms with Crippen LogP contribution in [0.25, 0.3) is 0 Å². The molecule has 21 heavy (non-hydrogen) atoms. The van der Waals surface area contributed by atoms with Crippen molar-refractivity contribution in [3.8, 4) is 0 Å². The minimum Gasteiger partial charge on any atom is -0.481 e. The number of urea groups is 1. The van der Waals surface area contributed by atoms with Crippen LogP contribution in [-0.4, -0.2) is 23.7 Å². The second kappa shape index (κ2) is 7.92. The van der Waals surface area contributed by atoms with Crippen LogP contribution in [0.4, 0.5) is 19.3 Å². The molecule has 0 aromatic heterocycles. The molecule has 0 aliphatic carbocycles. The van der Waals surface area contributed by atoms with Gasteiger partial charge in [-0.25, -0.2) is 13.6 Å². The summed E-state index contributed by atoms with van der Waals surface area (Å²) in [4.78, 5) is 22.1. The zero-order chi connectivity index (χ0) is 16.0. The highest BCUT2D eigenvalue weighted by molar-refractivity contribution is 9.10. The quantitative estimate of drug-likeness (QED) is 0.534. The van der Waals surface area contributed by atoms with Crippen LogP contribution in [0.3, 0.4) is 0 Å². The van der Waals surface area contributed by atoms with E-state index in [1.807, 2.05) is 0 Å². The highest BCUT2D eigenvalue weighted by atomic mass is 79.9. The zero-order valence-corrected chi connectivity index (χ0v) is 12.8. The van der Waals surface area contributed by atoms with E-state index in [0.29, 0.717) is 12.8 Å². The lowest BCUT2D eigenvalue weighted by molar-refractivity contribution is -0.141. The lowest BCUT2D eigenvalue weighted by Crippen LogP contribution is -2.30. The van der Waals surface area contributed by atoms with Crippen molar-refractivity contribution in [3.05, 3.63) is 28.2 Å². The first-order valence-electron chi connectivity index (χ1n) is 6.23. The van der Waals surface area contributed by atoms with Gasteiger partial charge in [-0.15, -0.1) is 0 Å². The number of hydrogen-bond acceptors (Lipinski definition) is 2. The van der Waals surface area contributed by atoms with Crippen molar-refractivity contribution in [2.45, 2.75) is 19.8 Å². The van der Waals surface area contributed by atoms with E-state index in [0.717, 1.165) is 12.1 Å². The highest BCUT2D eigenvalue weighted by Gasteiger charge is 2.12. The normalized spacial score (nSPS) is 11.8. The second-order valence-electron chi connectivity index (χ2n) is 4.51. The van der Waals surface area contributed by atoms with Crippen molar-refractivity contribution in [3.63, 3.8) is 0 Å². The molecular weight excluding hydrogens is 350 g/mol. The summed E-state index contributed by atoms with van der Waals surface area (Å²) >= 11 is 2.83. The Hall–Kier alpha value is -1.70. The fourth-order valence-corrected chi connectivity index (χ4v) is 1.83. The number of hydrogen-bond donors (Lipinski definition) is 3. The third-order valence-corrected chi connectivity index (χ3v) is 3.39. The molecule has 2 amide bonds. The Morgan fingerprint density at radius 3 is 2.62 bits per heavy atom. The van der Waals surface area contributed by atoms with Gasteiger partial charge < -0.3 is 15.7 Å². The van der Waals surface area contributed by atoms with Gasteiger partial charge in [0.15, 0.2) is 0 Å². The number of benzene rings is 1. The highest BCUT2D eigenvalue weighted by Crippen LogP contribution is 2.23. The summed E-state index contributed by atoms with van der Waals surface area (Å²) in [5.41, 5.74) is -0.271. The third-order valence-electron chi connectivity index (χ3n) is 2.78. The molecule has 0 radical (unpaired) electrons. The molecule has 116 valence electrons. The molecule has 1 aromatic rings. The van der Waals surface area contributed by atoms with Crippen molar-refractivity contribution in [2.75, 3.05) is 11.9 Å². The first-order valence-corrected chi connectivity index (χ1v) is 7.02. The monoisotopic (exact) mass is 364 g/mol. The van der Waals surface area contributed by atoms with Gasteiger partial charge in [0.25, 0.3) is 0 Å². The maximum absolute atomic E-state index is 13.5. The van der Waals surface area contributed by atoms with Crippen LogP contribution in [0.2, 0.25) is 0 Å². The van der Waals surface area contributed by atoms with Gasteiger partial charge in [-0.3, -0.25) is 4.79 Å². The summed E-state index contributed by atoms with van der Waals surface area (Å²) in [5, 5.41) is 13.3. The lowest BCUT2D eigenvalue weighted by Gasteiger charge is -2.10. The summed E-state index contributed by atoms with van der Waals surface area (Å²) in [6.45, 7) is 1.81. The number of carbonyl (C=O) groups excluding carboxylic acids is 1. The first kappa shape index (κ1) is 17.4. The molecule has 0 aliphatic heterocycles. The Balaban J connectivity index is 2.41. The third kappa shape index (κ3) is 5.66.